The molecular formula is C20H32N4O2S. The van der Waals surface area contributed by atoms with Crippen molar-refractivity contribution in [2.24, 2.45) is 5.92 Å². The Morgan fingerprint density at radius 1 is 1.19 bits per heavy atom. The molecule has 2 fully saturated rings. The number of carbonyl (C=O) groups is 2. The minimum Gasteiger partial charge on any atom is -0.348 e. The van der Waals surface area contributed by atoms with E-state index in [1.54, 1.807) is 16.2 Å². The fourth-order valence-electron chi connectivity index (χ4n) is 4.35. The molecule has 0 aliphatic carbocycles. The molecule has 1 atom stereocenters. The second-order valence-corrected chi connectivity index (χ2v) is 9.14. The van der Waals surface area contributed by atoms with Gasteiger partial charge in [0.15, 0.2) is 0 Å². The smallest absolute Gasteiger partial charge is 0.236 e. The first kappa shape index (κ1) is 20.3. The van der Waals surface area contributed by atoms with E-state index in [0.29, 0.717) is 24.9 Å². The minimum absolute atomic E-state index is 0.188. The van der Waals surface area contributed by atoms with Crippen molar-refractivity contribution in [3.8, 4) is 0 Å². The highest BCUT2D eigenvalue weighted by Gasteiger charge is 2.34. The second-order valence-electron chi connectivity index (χ2n) is 8.07. The maximum Gasteiger partial charge on any atom is 0.236 e. The Morgan fingerprint density at radius 2 is 1.93 bits per heavy atom. The summed E-state index contributed by atoms with van der Waals surface area (Å²) in [6.07, 6.45) is 6.11. The van der Waals surface area contributed by atoms with Crippen LogP contribution in [0.5, 0.6) is 0 Å². The molecule has 0 aromatic carbocycles. The Hall–Kier alpha value is -1.47. The summed E-state index contributed by atoms with van der Waals surface area (Å²) in [6, 6.07) is 0.487. The van der Waals surface area contributed by atoms with Crippen LogP contribution in [0.1, 0.15) is 42.8 Å². The van der Waals surface area contributed by atoms with Gasteiger partial charge in [-0.1, -0.05) is 6.42 Å². The lowest BCUT2D eigenvalue weighted by atomic mass is 9.83. The molecule has 7 heteroatoms. The number of rotatable bonds is 5. The number of aryl methyl sites for hydroxylation is 1. The Labute approximate surface area is 166 Å². The number of nitrogens with zero attached hydrogens (tertiary/aromatic N) is 4. The summed E-state index contributed by atoms with van der Waals surface area (Å²) in [5.74, 6) is 0.973. The summed E-state index contributed by atoms with van der Waals surface area (Å²) < 4.78 is 0. The molecule has 150 valence electrons. The minimum atomic E-state index is 0.188. The van der Waals surface area contributed by atoms with Crippen molar-refractivity contribution < 1.29 is 9.59 Å². The van der Waals surface area contributed by atoms with Gasteiger partial charge in [-0.15, -0.1) is 11.3 Å². The standard InChI is InChI=1S/C20H32N4O2S/c1-15-21-17(14-27-15)12-19(25)23-10-7-16(8-11-23)18-6-4-5-9-24(18)13-20(26)22(2)3/h14,16,18H,4-13H2,1-3H3/t18-/m1/s1. The van der Waals surface area contributed by atoms with Crippen LogP contribution < -0.4 is 0 Å². The molecule has 2 aliphatic rings. The molecule has 6 nitrogen and oxygen atoms in total. The third-order valence-corrected chi connectivity index (χ3v) is 6.76. The van der Waals surface area contributed by atoms with Gasteiger partial charge in [-0.2, -0.15) is 0 Å². The third-order valence-electron chi connectivity index (χ3n) is 5.94. The quantitative estimate of drug-likeness (QED) is 0.771. The summed E-state index contributed by atoms with van der Waals surface area (Å²) in [7, 11) is 3.66. The molecule has 2 aliphatic heterocycles. The number of piperidine rings is 2. The third kappa shape index (κ3) is 5.29. The van der Waals surface area contributed by atoms with E-state index in [-0.39, 0.29) is 11.8 Å². The molecule has 0 spiro atoms. The van der Waals surface area contributed by atoms with Crippen molar-refractivity contribution in [1.29, 1.82) is 0 Å². The van der Waals surface area contributed by atoms with Crippen LogP contribution in [0, 0.1) is 12.8 Å². The van der Waals surface area contributed by atoms with Gasteiger partial charge in [0.2, 0.25) is 11.8 Å². The van der Waals surface area contributed by atoms with Crippen LogP contribution in [0.15, 0.2) is 5.38 Å². The van der Waals surface area contributed by atoms with Gasteiger partial charge in [-0.05, 0) is 45.1 Å². The van der Waals surface area contributed by atoms with Crippen molar-refractivity contribution in [1.82, 2.24) is 19.7 Å². The van der Waals surface area contributed by atoms with Gasteiger partial charge >= 0.3 is 0 Å². The van der Waals surface area contributed by atoms with Crippen molar-refractivity contribution in [2.75, 3.05) is 40.3 Å². The maximum absolute atomic E-state index is 12.6. The maximum atomic E-state index is 12.6. The van der Waals surface area contributed by atoms with E-state index in [1.165, 1.54) is 19.3 Å². The molecular weight excluding hydrogens is 360 g/mol. The zero-order valence-electron chi connectivity index (χ0n) is 16.8. The molecule has 2 saturated heterocycles. The van der Waals surface area contributed by atoms with Gasteiger partial charge in [0.1, 0.15) is 0 Å². The first-order chi connectivity index (χ1) is 12.9. The summed E-state index contributed by atoms with van der Waals surface area (Å²) >= 11 is 1.60. The molecule has 0 saturated carbocycles. The van der Waals surface area contributed by atoms with Crippen LogP contribution in [-0.4, -0.2) is 77.8 Å². The fourth-order valence-corrected chi connectivity index (χ4v) is 4.96. The van der Waals surface area contributed by atoms with Crippen molar-refractivity contribution >= 4 is 23.2 Å². The largest absolute Gasteiger partial charge is 0.348 e. The van der Waals surface area contributed by atoms with E-state index in [9.17, 15) is 9.59 Å². The molecule has 0 bridgehead atoms. The number of hydrogen-bond donors (Lipinski definition) is 0. The SMILES string of the molecule is Cc1nc(CC(=O)N2CCC([C@H]3CCCCN3CC(=O)N(C)C)CC2)cs1. The van der Waals surface area contributed by atoms with E-state index >= 15 is 0 Å². The molecule has 3 heterocycles. The van der Waals surface area contributed by atoms with Gasteiger partial charge in [0.25, 0.3) is 0 Å². The first-order valence-electron chi connectivity index (χ1n) is 10.1. The van der Waals surface area contributed by atoms with Gasteiger partial charge in [-0.3, -0.25) is 14.5 Å². The predicted molar refractivity (Wildman–Crippen MR) is 108 cm³/mol. The summed E-state index contributed by atoms with van der Waals surface area (Å²) in [5, 5.41) is 3.00. The van der Waals surface area contributed by atoms with Crippen molar-refractivity contribution in [3.05, 3.63) is 16.1 Å². The Kier molecular flexibility index (Phi) is 6.87. The average molecular weight is 393 g/mol. The van der Waals surface area contributed by atoms with Gasteiger partial charge in [0.05, 0.1) is 23.7 Å². The van der Waals surface area contributed by atoms with E-state index < -0.39 is 0 Å². The van der Waals surface area contributed by atoms with Crippen LogP contribution in [-0.2, 0) is 16.0 Å². The number of carbonyl (C=O) groups excluding carboxylic acids is 2. The summed E-state index contributed by atoms with van der Waals surface area (Å²) in [4.78, 5) is 35.3. The topological polar surface area (TPSA) is 56.8 Å². The Bertz CT molecular complexity index is 652. The van der Waals surface area contributed by atoms with Crippen LogP contribution in [0.4, 0.5) is 0 Å². The monoisotopic (exact) mass is 392 g/mol. The molecule has 3 rings (SSSR count). The number of hydrogen-bond acceptors (Lipinski definition) is 5. The first-order valence-corrected chi connectivity index (χ1v) is 10.9. The van der Waals surface area contributed by atoms with Crippen LogP contribution in [0.2, 0.25) is 0 Å². The molecule has 0 N–H and O–H groups in total. The fraction of sp³-hybridized carbons (Fsp3) is 0.750. The highest BCUT2D eigenvalue weighted by molar-refractivity contribution is 7.09. The zero-order chi connectivity index (χ0) is 19.4. The molecule has 0 unspecified atom stereocenters. The van der Waals surface area contributed by atoms with E-state index in [2.05, 4.69) is 9.88 Å². The average Bonchev–Trinajstić information content (AvgIpc) is 3.07. The second kappa shape index (κ2) is 9.15. The van der Waals surface area contributed by atoms with Crippen LogP contribution in [0.3, 0.4) is 0 Å². The Morgan fingerprint density at radius 3 is 2.56 bits per heavy atom. The normalized spacial score (nSPS) is 22.0. The highest BCUT2D eigenvalue weighted by Crippen LogP contribution is 2.30. The van der Waals surface area contributed by atoms with Gasteiger partial charge in [0, 0.05) is 38.6 Å². The van der Waals surface area contributed by atoms with Gasteiger partial charge in [-0.25, -0.2) is 4.98 Å². The number of aromatic nitrogens is 1. The number of amides is 2. The lowest BCUT2D eigenvalue weighted by Gasteiger charge is -2.43. The van der Waals surface area contributed by atoms with Crippen molar-refractivity contribution in [3.63, 3.8) is 0 Å². The van der Waals surface area contributed by atoms with Crippen molar-refractivity contribution in [2.45, 2.75) is 51.5 Å². The number of likely N-dealkylation sites (tertiary alicyclic amines) is 2. The van der Waals surface area contributed by atoms with E-state index in [1.807, 2.05) is 31.3 Å². The molecule has 0 radical (unpaired) electrons. The lowest BCUT2D eigenvalue weighted by Crippen LogP contribution is -2.51. The Balaban J connectivity index is 1.52. The molecule has 1 aromatic heterocycles. The number of likely N-dealkylation sites (N-methyl/N-ethyl adjacent to an activating group) is 1. The summed E-state index contributed by atoms with van der Waals surface area (Å²) in [6.45, 7) is 5.19. The van der Waals surface area contributed by atoms with E-state index in [4.69, 9.17) is 0 Å². The predicted octanol–water partition coefficient (Wildman–Crippen LogP) is 2.18. The van der Waals surface area contributed by atoms with E-state index in [0.717, 1.165) is 43.2 Å². The molecule has 27 heavy (non-hydrogen) atoms. The molecule has 1 aromatic rings. The number of thiazole rings is 1. The zero-order valence-corrected chi connectivity index (χ0v) is 17.6. The van der Waals surface area contributed by atoms with Crippen LogP contribution >= 0.6 is 11.3 Å². The summed E-state index contributed by atoms with van der Waals surface area (Å²) in [5.41, 5.74) is 0.894. The molecule has 2 amide bonds. The van der Waals surface area contributed by atoms with Gasteiger partial charge < -0.3 is 9.80 Å². The van der Waals surface area contributed by atoms with Crippen LogP contribution in [0.25, 0.3) is 0 Å². The highest BCUT2D eigenvalue weighted by atomic mass is 32.1. The lowest BCUT2D eigenvalue weighted by molar-refractivity contribution is -0.132.